The van der Waals surface area contributed by atoms with Crippen molar-refractivity contribution in [2.24, 2.45) is 5.92 Å². The first-order valence-electron chi connectivity index (χ1n) is 5.43. The van der Waals surface area contributed by atoms with Gasteiger partial charge in [0.15, 0.2) is 0 Å². The molecule has 98 valence electrons. The molecule has 1 aromatic carbocycles. The van der Waals surface area contributed by atoms with Gasteiger partial charge in [0.05, 0.1) is 0 Å². The highest BCUT2D eigenvalue weighted by Gasteiger charge is 2.14. The maximum absolute atomic E-state index is 11.5. The molecule has 0 aliphatic carbocycles. The third kappa shape index (κ3) is 4.94. The van der Waals surface area contributed by atoms with Crippen LogP contribution in [0.1, 0.15) is 13.8 Å². The van der Waals surface area contributed by atoms with Crippen LogP contribution in [0.25, 0.3) is 0 Å². The number of nitrogens with one attached hydrogen (secondary N) is 2. The summed E-state index contributed by atoms with van der Waals surface area (Å²) >= 11 is 11.6. The number of hydrogen-bond donors (Lipinski definition) is 2. The number of carbonyl (C=O) groups excluding carboxylic acids is 2. The average Bonchev–Trinajstić information content (AvgIpc) is 2.24. The van der Waals surface area contributed by atoms with Crippen LogP contribution in [0.5, 0.6) is 0 Å². The van der Waals surface area contributed by atoms with Gasteiger partial charge >= 0.3 is 11.8 Å². The second kappa shape index (κ2) is 6.61. The van der Waals surface area contributed by atoms with Gasteiger partial charge in [-0.1, -0.05) is 37.0 Å². The largest absolute Gasteiger partial charge is 0.348 e. The molecule has 0 radical (unpaired) electrons. The zero-order valence-electron chi connectivity index (χ0n) is 10.1. The van der Waals surface area contributed by atoms with Gasteiger partial charge in [0.25, 0.3) is 0 Å². The van der Waals surface area contributed by atoms with Crippen molar-refractivity contribution in [3.05, 3.63) is 28.2 Å². The summed E-state index contributed by atoms with van der Waals surface area (Å²) in [5, 5.41) is 5.72. The zero-order valence-corrected chi connectivity index (χ0v) is 11.6. The highest BCUT2D eigenvalue weighted by molar-refractivity contribution is 6.40. The molecule has 0 spiro atoms. The number of benzene rings is 1. The molecule has 0 heterocycles. The molecule has 0 aliphatic rings. The topological polar surface area (TPSA) is 58.2 Å². The van der Waals surface area contributed by atoms with E-state index < -0.39 is 11.8 Å². The summed E-state index contributed by atoms with van der Waals surface area (Å²) < 4.78 is 0. The summed E-state index contributed by atoms with van der Waals surface area (Å²) in [4.78, 5) is 23.0. The van der Waals surface area contributed by atoms with Crippen molar-refractivity contribution < 1.29 is 9.59 Å². The molecular weight excluding hydrogens is 275 g/mol. The smallest absolute Gasteiger partial charge is 0.313 e. The minimum absolute atomic E-state index is 0.280. The first-order valence-corrected chi connectivity index (χ1v) is 6.19. The van der Waals surface area contributed by atoms with Crippen LogP contribution < -0.4 is 10.6 Å². The third-order valence-corrected chi connectivity index (χ3v) is 2.43. The molecule has 0 bridgehead atoms. The van der Waals surface area contributed by atoms with Crippen molar-refractivity contribution in [1.29, 1.82) is 0 Å². The summed E-state index contributed by atoms with van der Waals surface area (Å²) in [6.07, 6.45) is 0. The lowest BCUT2D eigenvalue weighted by Gasteiger charge is -2.08. The predicted molar refractivity (Wildman–Crippen MR) is 72.9 cm³/mol. The highest BCUT2D eigenvalue weighted by atomic mass is 35.5. The number of anilines is 1. The molecule has 0 aromatic heterocycles. The molecule has 0 saturated carbocycles. The van der Waals surface area contributed by atoms with Gasteiger partial charge in [-0.25, -0.2) is 0 Å². The lowest BCUT2D eigenvalue weighted by molar-refractivity contribution is -0.136. The SMILES string of the molecule is CC(C)CNC(=O)C(=O)Nc1cc(Cl)cc(Cl)c1. The van der Waals surface area contributed by atoms with Crippen LogP contribution >= 0.6 is 23.2 Å². The Bertz CT molecular complexity index is 441. The maximum Gasteiger partial charge on any atom is 0.313 e. The Morgan fingerprint density at radius 3 is 2.17 bits per heavy atom. The zero-order chi connectivity index (χ0) is 13.7. The summed E-state index contributed by atoms with van der Waals surface area (Å²) in [5.74, 6) is -1.14. The normalized spacial score (nSPS) is 10.3. The lowest BCUT2D eigenvalue weighted by atomic mass is 10.2. The van der Waals surface area contributed by atoms with E-state index in [1.54, 1.807) is 0 Å². The molecule has 0 fully saturated rings. The number of hydrogen-bond acceptors (Lipinski definition) is 2. The van der Waals surface area contributed by atoms with Crippen molar-refractivity contribution in [2.45, 2.75) is 13.8 Å². The molecular formula is C12H14Cl2N2O2. The van der Waals surface area contributed by atoms with E-state index in [0.717, 1.165) is 0 Å². The van der Waals surface area contributed by atoms with Crippen molar-refractivity contribution in [3.63, 3.8) is 0 Å². The van der Waals surface area contributed by atoms with Crippen LogP contribution in [-0.2, 0) is 9.59 Å². The van der Waals surface area contributed by atoms with Crippen molar-refractivity contribution in [2.75, 3.05) is 11.9 Å². The minimum Gasteiger partial charge on any atom is -0.348 e. The van der Waals surface area contributed by atoms with Gasteiger partial charge in [-0.2, -0.15) is 0 Å². The Morgan fingerprint density at radius 2 is 1.67 bits per heavy atom. The number of rotatable bonds is 3. The summed E-state index contributed by atoms with van der Waals surface area (Å²) in [6, 6.07) is 4.57. The molecule has 2 amide bonds. The lowest BCUT2D eigenvalue weighted by Crippen LogP contribution is -2.37. The summed E-state index contributed by atoms with van der Waals surface area (Å²) in [6.45, 7) is 4.33. The summed E-state index contributed by atoms with van der Waals surface area (Å²) in [7, 11) is 0. The van der Waals surface area contributed by atoms with E-state index in [9.17, 15) is 9.59 Å². The second-order valence-corrected chi connectivity index (χ2v) is 5.09. The van der Waals surface area contributed by atoms with E-state index in [1.807, 2.05) is 13.8 Å². The molecule has 0 aliphatic heterocycles. The van der Waals surface area contributed by atoms with Gasteiger partial charge in [0.2, 0.25) is 0 Å². The number of carbonyl (C=O) groups is 2. The van der Waals surface area contributed by atoms with Crippen LogP contribution in [-0.4, -0.2) is 18.4 Å². The molecule has 1 rings (SSSR count). The molecule has 0 unspecified atom stereocenters. The molecule has 0 atom stereocenters. The van der Waals surface area contributed by atoms with Gasteiger partial charge in [-0.3, -0.25) is 9.59 Å². The van der Waals surface area contributed by atoms with Crippen LogP contribution in [0.3, 0.4) is 0 Å². The molecule has 0 saturated heterocycles. The average molecular weight is 289 g/mol. The third-order valence-electron chi connectivity index (χ3n) is 2.00. The molecule has 4 nitrogen and oxygen atoms in total. The molecule has 1 aromatic rings. The van der Waals surface area contributed by atoms with Crippen molar-refractivity contribution in [1.82, 2.24) is 5.32 Å². The van der Waals surface area contributed by atoms with Gasteiger partial charge in [-0.05, 0) is 24.1 Å². The quantitative estimate of drug-likeness (QED) is 0.840. The highest BCUT2D eigenvalue weighted by Crippen LogP contribution is 2.22. The van der Waals surface area contributed by atoms with Gasteiger partial charge in [0.1, 0.15) is 0 Å². The number of halogens is 2. The monoisotopic (exact) mass is 288 g/mol. The van der Waals surface area contributed by atoms with Crippen molar-refractivity contribution >= 4 is 40.7 Å². The molecule has 18 heavy (non-hydrogen) atoms. The van der Waals surface area contributed by atoms with E-state index in [1.165, 1.54) is 18.2 Å². The Kier molecular flexibility index (Phi) is 5.44. The fourth-order valence-electron chi connectivity index (χ4n) is 1.19. The first kappa shape index (κ1) is 14.8. The maximum atomic E-state index is 11.5. The fraction of sp³-hybridized carbons (Fsp3) is 0.333. The van der Waals surface area contributed by atoms with Crippen LogP contribution in [0.2, 0.25) is 10.0 Å². The Hall–Kier alpha value is -1.26. The Morgan fingerprint density at radius 1 is 1.11 bits per heavy atom. The minimum atomic E-state index is -0.742. The van der Waals surface area contributed by atoms with Crippen molar-refractivity contribution in [3.8, 4) is 0 Å². The molecule has 6 heteroatoms. The van der Waals surface area contributed by atoms with E-state index in [-0.39, 0.29) is 5.92 Å². The van der Waals surface area contributed by atoms with Crippen LogP contribution in [0.15, 0.2) is 18.2 Å². The van der Waals surface area contributed by atoms with E-state index in [2.05, 4.69) is 10.6 Å². The fourth-order valence-corrected chi connectivity index (χ4v) is 1.72. The Labute approximate surface area is 116 Å². The Balaban J connectivity index is 2.61. The van der Waals surface area contributed by atoms with Gasteiger partial charge in [-0.15, -0.1) is 0 Å². The molecule has 2 N–H and O–H groups in total. The van der Waals surface area contributed by atoms with Gasteiger partial charge < -0.3 is 10.6 Å². The van der Waals surface area contributed by atoms with Crippen LogP contribution in [0, 0.1) is 5.92 Å². The second-order valence-electron chi connectivity index (χ2n) is 4.22. The number of amides is 2. The summed E-state index contributed by atoms with van der Waals surface area (Å²) in [5.41, 5.74) is 0.386. The van der Waals surface area contributed by atoms with E-state index >= 15 is 0 Å². The standard InChI is InChI=1S/C12H14Cl2N2O2/c1-7(2)6-15-11(17)12(18)16-10-4-8(13)3-9(14)5-10/h3-5,7H,6H2,1-2H3,(H,15,17)(H,16,18). The van der Waals surface area contributed by atoms with Gasteiger partial charge in [0, 0.05) is 22.3 Å². The first-order chi connectivity index (χ1) is 8.38. The van der Waals surface area contributed by atoms with E-state index in [0.29, 0.717) is 22.3 Å². The van der Waals surface area contributed by atoms with Crippen LogP contribution in [0.4, 0.5) is 5.69 Å². The van der Waals surface area contributed by atoms with E-state index in [4.69, 9.17) is 23.2 Å². The predicted octanol–water partition coefficient (Wildman–Crippen LogP) is 2.70.